The Hall–Kier alpha value is -3.12. The molecule has 3 aromatic rings. The van der Waals surface area contributed by atoms with Crippen LogP contribution in [0.15, 0.2) is 60.8 Å². The van der Waals surface area contributed by atoms with Crippen LogP contribution >= 0.6 is 11.6 Å². The molecule has 0 fully saturated rings. The lowest BCUT2D eigenvalue weighted by atomic mass is 10.2. The summed E-state index contributed by atoms with van der Waals surface area (Å²) < 4.78 is 5.08. The molecular weight excluding hydrogens is 352 g/mol. The summed E-state index contributed by atoms with van der Waals surface area (Å²) >= 11 is 5.99. The molecule has 0 spiro atoms. The van der Waals surface area contributed by atoms with E-state index >= 15 is 0 Å². The van der Waals surface area contributed by atoms with Gasteiger partial charge in [0.1, 0.15) is 5.82 Å². The van der Waals surface area contributed by atoms with Crippen LogP contribution in [0.5, 0.6) is 0 Å². The molecule has 0 aliphatic carbocycles. The molecule has 0 saturated carbocycles. The fourth-order valence-electron chi connectivity index (χ4n) is 2.30. The third-order valence-electron chi connectivity index (χ3n) is 3.42. The van der Waals surface area contributed by atoms with Crippen molar-refractivity contribution in [3.63, 3.8) is 0 Å². The van der Waals surface area contributed by atoms with E-state index < -0.39 is 5.97 Å². The predicted molar refractivity (Wildman–Crippen MR) is 102 cm³/mol. The first-order chi connectivity index (χ1) is 12.7. The Balaban J connectivity index is 1.80. The summed E-state index contributed by atoms with van der Waals surface area (Å²) in [6, 6.07) is 16.1. The van der Waals surface area contributed by atoms with Crippen LogP contribution < -0.4 is 10.6 Å². The van der Waals surface area contributed by atoms with Gasteiger partial charge in [0.2, 0.25) is 5.95 Å². The lowest BCUT2D eigenvalue weighted by Crippen LogP contribution is -2.09. The normalized spacial score (nSPS) is 10.2. The number of rotatable bonds is 6. The van der Waals surface area contributed by atoms with Crippen molar-refractivity contribution in [2.45, 2.75) is 6.92 Å². The Morgan fingerprint density at radius 2 is 1.96 bits per heavy atom. The molecule has 2 N–H and O–H groups in total. The smallest absolute Gasteiger partial charge is 0.340 e. The molecule has 0 atom stereocenters. The molecule has 1 heterocycles. The van der Waals surface area contributed by atoms with Gasteiger partial charge in [0, 0.05) is 16.9 Å². The second-order valence-corrected chi connectivity index (χ2v) is 5.73. The van der Waals surface area contributed by atoms with Crippen LogP contribution in [-0.4, -0.2) is 22.5 Å². The molecule has 0 amide bonds. The first-order valence-corrected chi connectivity index (χ1v) is 8.42. The molecular formula is C19H17ClN4O2. The van der Waals surface area contributed by atoms with Gasteiger partial charge in [-0.1, -0.05) is 29.8 Å². The topological polar surface area (TPSA) is 76.1 Å². The fraction of sp³-hybridized carbons (Fsp3) is 0.105. The van der Waals surface area contributed by atoms with Crippen molar-refractivity contribution in [3.05, 3.63) is 71.4 Å². The summed E-state index contributed by atoms with van der Waals surface area (Å²) in [5.74, 6) is 0.552. The number of aromatic nitrogens is 2. The predicted octanol–water partition coefficient (Wildman–Crippen LogP) is 4.79. The van der Waals surface area contributed by atoms with Gasteiger partial charge in [-0.2, -0.15) is 4.98 Å². The van der Waals surface area contributed by atoms with E-state index in [0.717, 1.165) is 5.69 Å². The van der Waals surface area contributed by atoms with Gasteiger partial charge >= 0.3 is 5.97 Å². The zero-order chi connectivity index (χ0) is 18.4. The molecule has 0 aliphatic heterocycles. The molecule has 26 heavy (non-hydrogen) atoms. The standard InChI is InChI=1S/C19H17ClN4O2/c1-2-26-18(25)15-8-3-4-9-16(15)23-19-21-11-10-17(24-19)22-14-7-5-6-13(20)12-14/h3-12H,2H2,1H3,(H2,21,22,23,24). The molecule has 0 saturated heterocycles. The lowest BCUT2D eigenvalue weighted by molar-refractivity contribution is 0.0527. The van der Waals surface area contributed by atoms with Crippen molar-refractivity contribution in [1.82, 2.24) is 9.97 Å². The summed E-state index contributed by atoms with van der Waals surface area (Å²) in [5, 5.41) is 6.85. The molecule has 2 aromatic carbocycles. The maximum absolute atomic E-state index is 12.1. The monoisotopic (exact) mass is 368 g/mol. The van der Waals surface area contributed by atoms with Crippen molar-refractivity contribution < 1.29 is 9.53 Å². The molecule has 7 heteroatoms. The highest BCUT2D eigenvalue weighted by molar-refractivity contribution is 6.30. The van der Waals surface area contributed by atoms with E-state index in [-0.39, 0.29) is 0 Å². The number of anilines is 4. The van der Waals surface area contributed by atoms with Crippen LogP contribution in [0, 0.1) is 0 Å². The Morgan fingerprint density at radius 3 is 2.77 bits per heavy atom. The first-order valence-electron chi connectivity index (χ1n) is 8.04. The minimum atomic E-state index is -0.399. The molecule has 0 aliphatic rings. The number of hydrogen-bond donors (Lipinski definition) is 2. The van der Waals surface area contributed by atoms with E-state index in [1.54, 1.807) is 49.5 Å². The molecule has 3 rings (SSSR count). The fourth-order valence-corrected chi connectivity index (χ4v) is 2.49. The summed E-state index contributed by atoms with van der Waals surface area (Å²) in [5.41, 5.74) is 1.81. The third-order valence-corrected chi connectivity index (χ3v) is 3.66. The van der Waals surface area contributed by atoms with Crippen molar-refractivity contribution in [2.24, 2.45) is 0 Å². The van der Waals surface area contributed by atoms with Gasteiger partial charge in [-0.25, -0.2) is 9.78 Å². The minimum Gasteiger partial charge on any atom is -0.462 e. The van der Waals surface area contributed by atoms with E-state index in [9.17, 15) is 4.79 Å². The zero-order valence-corrected chi connectivity index (χ0v) is 14.8. The van der Waals surface area contributed by atoms with Crippen LogP contribution in [0.2, 0.25) is 5.02 Å². The number of hydrogen-bond acceptors (Lipinski definition) is 6. The van der Waals surface area contributed by atoms with Crippen molar-refractivity contribution in [2.75, 3.05) is 17.2 Å². The maximum Gasteiger partial charge on any atom is 0.340 e. The number of esters is 1. The second-order valence-electron chi connectivity index (χ2n) is 5.29. The number of benzene rings is 2. The third kappa shape index (κ3) is 4.49. The molecule has 0 radical (unpaired) electrons. The van der Waals surface area contributed by atoms with Gasteiger partial charge in [0.25, 0.3) is 0 Å². The highest BCUT2D eigenvalue weighted by atomic mass is 35.5. The van der Waals surface area contributed by atoms with Crippen molar-refractivity contribution in [1.29, 1.82) is 0 Å². The van der Waals surface area contributed by atoms with Gasteiger partial charge < -0.3 is 15.4 Å². The number of halogens is 1. The average Bonchev–Trinajstić information content (AvgIpc) is 2.63. The Bertz CT molecular complexity index is 917. The molecule has 6 nitrogen and oxygen atoms in total. The summed E-state index contributed by atoms with van der Waals surface area (Å²) in [4.78, 5) is 20.7. The summed E-state index contributed by atoms with van der Waals surface area (Å²) in [6.45, 7) is 2.07. The summed E-state index contributed by atoms with van der Waals surface area (Å²) in [6.07, 6.45) is 1.62. The molecule has 132 valence electrons. The first kappa shape index (κ1) is 17.7. The number of nitrogens with one attached hydrogen (secondary N) is 2. The number of nitrogens with zero attached hydrogens (tertiary/aromatic N) is 2. The number of carbonyl (C=O) groups excluding carboxylic acids is 1. The Morgan fingerprint density at radius 1 is 1.12 bits per heavy atom. The van der Waals surface area contributed by atoms with E-state index in [1.165, 1.54) is 0 Å². The van der Waals surface area contributed by atoms with Gasteiger partial charge in [-0.05, 0) is 43.3 Å². The van der Waals surface area contributed by atoms with Crippen LogP contribution in [-0.2, 0) is 4.74 Å². The molecule has 0 unspecified atom stereocenters. The largest absolute Gasteiger partial charge is 0.462 e. The number of carbonyl (C=O) groups is 1. The lowest BCUT2D eigenvalue weighted by Gasteiger charge is -2.11. The van der Waals surface area contributed by atoms with E-state index in [0.29, 0.717) is 34.6 Å². The molecule has 1 aromatic heterocycles. The van der Waals surface area contributed by atoms with Gasteiger partial charge in [0.15, 0.2) is 0 Å². The van der Waals surface area contributed by atoms with Gasteiger partial charge in [0.05, 0.1) is 17.9 Å². The summed E-state index contributed by atoms with van der Waals surface area (Å²) in [7, 11) is 0. The quantitative estimate of drug-likeness (QED) is 0.609. The SMILES string of the molecule is CCOC(=O)c1ccccc1Nc1nccc(Nc2cccc(Cl)c2)n1. The van der Waals surface area contributed by atoms with Gasteiger partial charge in [-0.15, -0.1) is 0 Å². The van der Waals surface area contributed by atoms with Crippen molar-refractivity contribution >= 4 is 40.7 Å². The van der Waals surface area contributed by atoms with Crippen LogP contribution in [0.25, 0.3) is 0 Å². The van der Waals surface area contributed by atoms with Crippen LogP contribution in [0.4, 0.5) is 23.1 Å². The van der Waals surface area contributed by atoms with Crippen LogP contribution in [0.1, 0.15) is 17.3 Å². The van der Waals surface area contributed by atoms with Crippen LogP contribution in [0.3, 0.4) is 0 Å². The average molecular weight is 369 g/mol. The second kappa shape index (κ2) is 8.31. The van der Waals surface area contributed by atoms with Gasteiger partial charge in [-0.3, -0.25) is 0 Å². The Kier molecular flexibility index (Phi) is 5.66. The van der Waals surface area contributed by atoms with E-state index in [1.807, 2.05) is 18.2 Å². The zero-order valence-electron chi connectivity index (χ0n) is 14.1. The minimum absolute atomic E-state index is 0.308. The highest BCUT2D eigenvalue weighted by Gasteiger charge is 2.12. The number of para-hydroxylation sites is 1. The maximum atomic E-state index is 12.1. The van der Waals surface area contributed by atoms with Crippen molar-refractivity contribution in [3.8, 4) is 0 Å². The molecule has 0 bridgehead atoms. The van der Waals surface area contributed by atoms with E-state index in [4.69, 9.17) is 16.3 Å². The number of ether oxygens (including phenoxy) is 1. The Labute approximate surface area is 156 Å². The highest BCUT2D eigenvalue weighted by Crippen LogP contribution is 2.22. The van der Waals surface area contributed by atoms with E-state index in [2.05, 4.69) is 20.6 Å².